The van der Waals surface area contributed by atoms with Crippen molar-refractivity contribution >= 4 is 35.2 Å². The van der Waals surface area contributed by atoms with Crippen LogP contribution in [0.4, 0.5) is 0 Å². The van der Waals surface area contributed by atoms with Crippen molar-refractivity contribution < 1.29 is 9.59 Å². The van der Waals surface area contributed by atoms with Crippen molar-refractivity contribution in [2.45, 2.75) is 61.1 Å². The van der Waals surface area contributed by atoms with Gasteiger partial charge in [0.25, 0.3) is 0 Å². The molecule has 1 heterocycles. The minimum Gasteiger partial charge on any atom is -0.353 e. The van der Waals surface area contributed by atoms with Gasteiger partial charge in [0.2, 0.25) is 11.8 Å². The average molecular weight is 381 g/mol. The predicted octanol–water partition coefficient (Wildman–Crippen LogP) is 3.19. The molecule has 1 aromatic carbocycles. The molecule has 1 saturated carbocycles. The lowest BCUT2D eigenvalue weighted by Gasteiger charge is -2.39. The smallest absolute Gasteiger partial charge is 0.235 e. The van der Waals surface area contributed by atoms with Crippen molar-refractivity contribution in [1.29, 1.82) is 0 Å². The van der Waals surface area contributed by atoms with Crippen molar-refractivity contribution in [3.05, 3.63) is 29.3 Å². The van der Waals surface area contributed by atoms with Crippen molar-refractivity contribution in [3.63, 3.8) is 0 Å². The van der Waals surface area contributed by atoms with Gasteiger partial charge in [0.15, 0.2) is 0 Å². The molecule has 0 spiro atoms. The van der Waals surface area contributed by atoms with Gasteiger partial charge in [-0.15, -0.1) is 23.4 Å². The largest absolute Gasteiger partial charge is 0.353 e. The molecule has 1 fully saturated rings. The minimum atomic E-state index is -0.331. The summed E-state index contributed by atoms with van der Waals surface area (Å²) in [6, 6.07) is 6.38. The summed E-state index contributed by atoms with van der Waals surface area (Å²) in [6.07, 6.45) is 5.93. The summed E-state index contributed by atoms with van der Waals surface area (Å²) >= 11 is 7.23. The zero-order valence-corrected chi connectivity index (χ0v) is 16.1. The van der Waals surface area contributed by atoms with Crippen LogP contribution in [0.3, 0.4) is 0 Å². The summed E-state index contributed by atoms with van der Waals surface area (Å²) in [6.45, 7) is 2.54. The maximum atomic E-state index is 12.9. The van der Waals surface area contributed by atoms with E-state index in [9.17, 15) is 9.59 Å². The molecule has 0 radical (unpaired) electrons. The Balaban J connectivity index is 1.65. The SMILES string of the molecule is Cc1ccc2c(c1)CC(C(=O)NC1(CNC(=O)CCl)CCCCC1)S2. The highest BCUT2D eigenvalue weighted by atomic mass is 35.5. The monoisotopic (exact) mass is 380 g/mol. The Morgan fingerprint density at radius 2 is 2.04 bits per heavy atom. The fraction of sp³-hybridized carbons (Fsp3) is 0.579. The maximum Gasteiger partial charge on any atom is 0.235 e. The first kappa shape index (κ1) is 18.6. The summed E-state index contributed by atoms with van der Waals surface area (Å²) < 4.78 is 0. The Labute approximate surface area is 158 Å². The second-order valence-electron chi connectivity index (χ2n) is 7.16. The zero-order chi connectivity index (χ0) is 17.9. The van der Waals surface area contributed by atoms with Gasteiger partial charge in [0, 0.05) is 11.4 Å². The Morgan fingerprint density at radius 1 is 1.28 bits per heavy atom. The number of halogens is 1. The number of carbonyl (C=O) groups is 2. The summed E-state index contributed by atoms with van der Waals surface area (Å²) in [5.41, 5.74) is 2.16. The fourth-order valence-electron chi connectivity index (χ4n) is 3.75. The van der Waals surface area contributed by atoms with E-state index in [0.717, 1.165) is 32.1 Å². The van der Waals surface area contributed by atoms with Crippen molar-refractivity contribution in [1.82, 2.24) is 10.6 Å². The van der Waals surface area contributed by atoms with E-state index in [1.807, 2.05) is 0 Å². The number of aryl methyl sites for hydroxylation is 1. The molecule has 0 bridgehead atoms. The van der Waals surface area contributed by atoms with E-state index < -0.39 is 0 Å². The number of alkyl halides is 1. The standard InChI is InChI=1S/C19H25ClN2O2S/c1-13-5-6-15-14(9-13)10-16(25-15)18(24)22-19(7-3-2-4-8-19)12-21-17(23)11-20/h5-6,9,16H,2-4,7-8,10-12H2,1H3,(H,21,23)(H,22,24). The van der Waals surface area contributed by atoms with Gasteiger partial charge in [-0.2, -0.15) is 0 Å². The Morgan fingerprint density at radius 3 is 2.76 bits per heavy atom. The fourth-order valence-corrected chi connectivity index (χ4v) is 5.03. The first-order valence-electron chi connectivity index (χ1n) is 8.92. The Kier molecular flexibility index (Phi) is 5.95. The summed E-state index contributed by atoms with van der Waals surface area (Å²) in [4.78, 5) is 25.7. The van der Waals surface area contributed by atoms with Crippen LogP contribution >= 0.6 is 23.4 Å². The third-order valence-electron chi connectivity index (χ3n) is 5.13. The lowest BCUT2D eigenvalue weighted by molar-refractivity contribution is -0.124. The van der Waals surface area contributed by atoms with E-state index in [0.29, 0.717) is 6.54 Å². The molecule has 6 heteroatoms. The molecule has 0 aromatic heterocycles. The molecule has 3 rings (SSSR count). The van der Waals surface area contributed by atoms with Crippen LogP contribution in [0.25, 0.3) is 0 Å². The molecule has 1 aromatic rings. The van der Waals surface area contributed by atoms with Crippen LogP contribution in [0.15, 0.2) is 23.1 Å². The number of hydrogen-bond acceptors (Lipinski definition) is 3. The molecule has 4 nitrogen and oxygen atoms in total. The van der Waals surface area contributed by atoms with Gasteiger partial charge in [0.1, 0.15) is 5.88 Å². The highest BCUT2D eigenvalue weighted by molar-refractivity contribution is 8.01. The second kappa shape index (κ2) is 8.00. The third kappa shape index (κ3) is 4.50. The van der Waals surface area contributed by atoms with Gasteiger partial charge in [-0.05, 0) is 37.8 Å². The number of benzene rings is 1. The van der Waals surface area contributed by atoms with Crippen LogP contribution in [0.1, 0.15) is 43.2 Å². The highest BCUT2D eigenvalue weighted by Crippen LogP contribution is 2.38. The third-order valence-corrected chi connectivity index (χ3v) is 6.69. The van der Waals surface area contributed by atoms with Crippen LogP contribution in [0.2, 0.25) is 0 Å². The molecule has 2 aliphatic rings. The minimum absolute atomic E-state index is 0.0445. The number of nitrogens with one attached hydrogen (secondary N) is 2. The number of thioether (sulfide) groups is 1. The average Bonchev–Trinajstić information content (AvgIpc) is 3.04. The summed E-state index contributed by atoms with van der Waals surface area (Å²) in [7, 11) is 0. The lowest BCUT2D eigenvalue weighted by Crippen LogP contribution is -2.58. The highest BCUT2D eigenvalue weighted by Gasteiger charge is 2.37. The van der Waals surface area contributed by atoms with Gasteiger partial charge in [0.05, 0.1) is 10.8 Å². The Bertz CT molecular complexity index is 659. The van der Waals surface area contributed by atoms with E-state index in [2.05, 4.69) is 35.8 Å². The molecule has 1 atom stereocenters. The molecule has 2 N–H and O–H groups in total. The van der Waals surface area contributed by atoms with Crippen LogP contribution in [0.5, 0.6) is 0 Å². The van der Waals surface area contributed by atoms with E-state index >= 15 is 0 Å². The molecular weight excluding hydrogens is 356 g/mol. The molecule has 25 heavy (non-hydrogen) atoms. The maximum absolute atomic E-state index is 12.9. The zero-order valence-electron chi connectivity index (χ0n) is 14.6. The quantitative estimate of drug-likeness (QED) is 0.771. The summed E-state index contributed by atoms with van der Waals surface area (Å²) in [5.74, 6) is -0.142. The molecule has 1 unspecified atom stereocenters. The van der Waals surface area contributed by atoms with Crippen LogP contribution < -0.4 is 10.6 Å². The lowest BCUT2D eigenvalue weighted by atomic mass is 9.81. The van der Waals surface area contributed by atoms with E-state index in [-0.39, 0.29) is 28.5 Å². The van der Waals surface area contributed by atoms with Gasteiger partial charge in [-0.25, -0.2) is 0 Å². The van der Waals surface area contributed by atoms with Gasteiger partial charge < -0.3 is 10.6 Å². The van der Waals surface area contributed by atoms with Gasteiger partial charge in [-0.1, -0.05) is 37.0 Å². The number of amides is 2. The van der Waals surface area contributed by atoms with Crippen LogP contribution in [-0.4, -0.2) is 35.0 Å². The van der Waals surface area contributed by atoms with Crippen molar-refractivity contribution in [3.8, 4) is 0 Å². The van der Waals surface area contributed by atoms with Crippen LogP contribution in [0, 0.1) is 6.92 Å². The molecule has 1 aliphatic heterocycles. The number of rotatable bonds is 5. The number of carbonyl (C=O) groups excluding carboxylic acids is 2. The van der Waals surface area contributed by atoms with Crippen LogP contribution in [-0.2, 0) is 16.0 Å². The first-order chi connectivity index (χ1) is 12.0. The second-order valence-corrected chi connectivity index (χ2v) is 8.67. The van der Waals surface area contributed by atoms with Gasteiger partial charge in [-0.3, -0.25) is 9.59 Å². The number of hydrogen-bond donors (Lipinski definition) is 2. The topological polar surface area (TPSA) is 58.2 Å². The molecule has 0 saturated heterocycles. The van der Waals surface area contributed by atoms with Crippen molar-refractivity contribution in [2.24, 2.45) is 0 Å². The van der Waals surface area contributed by atoms with E-state index in [4.69, 9.17) is 11.6 Å². The molecule has 2 amide bonds. The molecular formula is C19H25ClN2O2S. The molecule has 1 aliphatic carbocycles. The number of fused-ring (bicyclic) bond motifs is 1. The normalized spacial score (nSPS) is 21.4. The van der Waals surface area contributed by atoms with E-state index in [1.165, 1.54) is 22.4 Å². The molecule has 136 valence electrons. The van der Waals surface area contributed by atoms with Crippen molar-refractivity contribution in [2.75, 3.05) is 12.4 Å². The van der Waals surface area contributed by atoms with E-state index in [1.54, 1.807) is 11.8 Å². The first-order valence-corrected chi connectivity index (χ1v) is 10.3. The van der Waals surface area contributed by atoms with Gasteiger partial charge >= 0.3 is 0 Å². The predicted molar refractivity (Wildman–Crippen MR) is 102 cm³/mol. The Hall–Kier alpha value is -1.20. The summed E-state index contributed by atoms with van der Waals surface area (Å²) in [5, 5.41) is 6.07.